The van der Waals surface area contributed by atoms with Gasteiger partial charge in [-0.05, 0) is 23.6 Å². The molecule has 0 fully saturated rings. The molecule has 0 aromatic heterocycles. The molecule has 1 rings (SSSR count). The van der Waals surface area contributed by atoms with Gasteiger partial charge in [0.2, 0.25) is 11.8 Å². The summed E-state index contributed by atoms with van der Waals surface area (Å²) >= 11 is 0. The minimum Gasteiger partial charge on any atom is -0.351 e. The van der Waals surface area contributed by atoms with Gasteiger partial charge in [0.25, 0.3) is 0 Å². The number of anilines is 1. The standard InChI is InChI=1S/C15H23N5O3/c1-9(2)13(16)14(22)19-8-12(21)18-7-10-4-3-5-11(6-10)20-15(17)23/h3-6,9,13H,7-8,16H2,1-2H3,(H,18,21)(H,19,22)(H3,17,20,23)/t13-/m0/s1. The van der Waals surface area contributed by atoms with Crippen LogP contribution in [0, 0.1) is 5.92 Å². The second-order valence-electron chi connectivity index (χ2n) is 5.45. The Balaban J connectivity index is 2.41. The molecule has 0 aliphatic rings. The lowest BCUT2D eigenvalue weighted by molar-refractivity contribution is -0.127. The molecule has 0 radical (unpaired) electrons. The zero-order valence-electron chi connectivity index (χ0n) is 13.3. The summed E-state index contributed by atoms with van der Waals surface area (Å²) in [7, 11) is 0. The Morgan fingerprint density at radius 2 is 1.87 bits per heavy atom. The number of nitrogens with one attached hydrogen (secondary N) is 3. The number of carbonyl (C=O) groups excluding carboxylic acids is 3. The molecule has 0 saturated heterocycles. The van der Waals surface area contributed by atoms with Gasteiger partial charge >= 0.3 is 6.03 Å². The van der Waals surface area contributed by atoms with E-state index in [1.807, 2.05) is 13.8 Å². The van der Waals surface area contributed by atoms with Gasteiger partial charge < -0.3 is 27.4 Å². The molecule has 8 nitrogen and oxygen atoms in total. The van der Waals surface area contributed by atoms with Crippen molar-refractivity contribution in [3.8, 4) is 0 Å². The van der Waals surface area contributed by atoms with Crippen LogP contribution in [0.3, 0.4) is 0 Å². The van der Waals surface area contributed by atoms with E-state index < -0.39 is 12.1 Å². The van der Waals surface area contributed by atoms with Crippen molar-refractivity contribution >= 4 is 23.5 Å². The molecule has 0 unspecified atom stereocenters. The SMILES string of the molecule is CC(C)[C@H](N)C(=O)NCC(=O)NCc1cccc(NC(N)=O)c1. The lowest BCUT2D eigenvalue weighted by Crippen LogP contribution is -2.47. The first-order valence-electron chi connectivity index (χ1n) is 7.25. The van der Waals surface area contributed by atoms with Crippen LogP contribution >= 0.6 is 0 Å². The summed E-state index contributed by atoms with van der Waals surface area (Å²) in [6.45, 7) is 3.78. The number of rotatable bonds is 7. The van der Waals surface area contributed by atoms with E-state index in [0.717, 1.165) is 5.56 Å². The Bertz CT molecular complexity index is 574. The monoisotopic (exact) mass is 321 g/mol. The molecule has 8 heteroatoms. The summed E-state index contributed by atoms with van der Waals surface area (Å²) in [5.74, 6) is -0.691. The van der Waals surface area contributed by atoms with E-state index in [2.05, 4.69) is 16.0 Å². The zero-order chi connectivity index (χ0) is 17.4. The van der Waals surface area contributed by atoms with E-state index in [-0.39, 0.29) is 30.8 Å². The van der Waals surface area contributed by atoms with Crippen LogP contribution in [0.1, 0.15) is 19.4 Å². The fraction of sp³-hybridized carbons (Fsp3) is 0.400. The summed E-state index contributed by atoms with van der Waals surface area (Å²) < 4.78 is 0. The highest BCUT2D eigenvalue weighted by Gasteiger charge is 2.17. The number of hydrogen-bond donors (Lipinski definition) is 5. The minimum atomic E-state index is -0.657. The highest BCUT2D eigenvalue weighted by atomic mass is 16.2. The van der Waals surface area contributed by atoms with Gasteiger partial charge in [-0.2, -0.15) is 0 Å². The van der Waals surface area contributed by atoms with Crippen LogP contribution in [-0.4, -0.2) is 30.4 Å². The predicted molar refractivity (Wildman–Crippen MR) is 87.3 cm³/mol. The van der Waals surface area contributed by atoms with Gasteiger partial charge in [0.05, 0.1) is 12.6 Å². The second-order valence-corrected chi connectivity index (χ2v) is 5.45. The Hall–Kier alpha value is -2.61. The first kappa shape index (κ1) is 18.4. The van der Waals surface area contributed by atoms with Gasteiger partial charge in [-0.15, -0.1) is 0 Å². The third-order valence-corrected chi connectivity index (χ3v) is 3.13. The van der Waals surface area contributed by atoms with Gasteiger partial charge in [0.1, 0.15) is 0 Å². The zero-order valence-corrected chi connectivity index (χ0v) is 13.3. The van der Waals surface area contributed by atoms with E-state index in [4.69, 9.17) is 11.5 Å². The van der Waals surface area contributed by atoms with Crippen molar-refractivity contribution in [1.29, 1.82) is 0 Å². The van der Waals surface area contributed by atoms with Crippen LogP contribution in [0.15, 0.2) is 24.3 Å². The van der Waals surface area contributed by atoms with E-state index in [1.54, 1.807) is 24.3 Å². The summed E-state index contributed by atoms with van der Waals surface area (Å²) in [5.41, 5.74) is 12.0. The normalized spacial score (nSPS) is 11.7. The van der Waals surface area contributed by atoms with Crippen molar-refractivity contribution < 1.29 is 14.4 Å². The highest BCUT2D eigenvalue weighted by Crippen LogP contribution is 2.10. The van der Waals surface area contributed by atoms with Crippen molar-refractivity contribution in [1.82, 2.24) is 10.6 Å². The molecular formula is C15H23N5O3. The molecule has 0 heterocycles. The van der Waals surface area contributed by atoms with Crippen molar-refractivity contribution in [2.24, 2.45) is 17.4 Å². The number of primary amides is 1. The number of benzene rings is 1. The smallest absolute Gasteiger partial charge is 0.316 e. The third-order valence-electron chi connectivity index (χ3n) is 3.13. The van der Waals surface area contributed by atoms with E-state index in [9.17, 15) is 14.4 Å². The molecule has 0 spiro atoms. The maximum atomic E-state index is 11.7. The van der Waals surface area contributed by atoms with Crippen LogP contribution < -0.4 is 27.4 Å². The average molecular weight is 321 g/mol. The largest absolute Gasteiger partial charge is 0.351 e. The Kier molecular flexibility index (Phi) is 7.01. The Labute approximate surface area is 135 Å². The first-order chi connectivity index (χ1) is 10.8. The molecule has 4 amide bonds. The summed E-state index contributed by atoms with van der Waals surface area (Å²) in [5, 5.41) is 7.60. The van der Waals surface area contributed by atoms with Crippen LogP contribution in [-0.2, 0) is 16.1 Å². The molecule has 0 aliphatic heterocycles. The minimum absolute atomic E-state index is 0.00134. The number of hydrogen-bond acceptors (Lipinski definition) is 4. The van der Waals surface area contributed by atoms with Crippen LogP contribution in [0.2, 0.25) is 0 Å². The maximum absolute atomic E-state index is 11.7. The maximum Gasteiger partial charge on any atom is 0.316 e. The molecule has 126 valence electrons. The van der Waals surface area contributed by atoms with Gasteiger partial charge in [0, 0.05) is 12.2 Å². The molecular weight excluding hydrogens is 298 g/mol. The molecule has 0 bridgehead atoms. The van der Waals surface area contributed by atoms with Crippen molar-refractivity contribution in [3.05, 3.63) is 29.8 Å². The molecule has 7 N–H and O–H groups in total. The predicted octanol–water partition coefficient (Wildman–Crippen LogP) is -0.107. The number of urea groups is 1. The highest BCUT2D eigenvalue weighted by molar-refractivity contribution is 5.88. The van der Waals surface area contributed by atoms with Gasteiger partial charge in [-0.3, -0.25) is 9.59 Å². The fourth-order valence-electron chi connectivity index (χ4n) is 1.75. The van der Waals surface area contributed by atoms with Crippen LogP contribution in [0.25, 0.3) is 0 Å². The molecule has 23 heavy (non-hydrogen) atoms. The van der Waals surface area contributed by atoms with Crippen LogP contribution in [0.4, 0.5) is 10.5 Å². The first-order valence-corrected chi connectivity index (χ1v) is 7.25. The lowest BCUT2D eigenvalue weighted by atomic mass is 10.1. The topological polar surface area (TPSA) is 139 Å². The van der Waals surface area contributed by atoms with Gasteiger partial charge in [0.15, 0.2) is 0 Å². The van der Waals surface area contributed by atoms with E-state index in [0.29, 0.717) is 5.69 Å². The number of nitrogens with two attached hydrogens (primary N) is 2. The third kappa shape index (κ3) is 6.79. The number of carbonyl (C=O) groups is 3. The average Bonchev–Trinajstić information content (AvgIpc) is 2.49. The fourth-order valence-corrected chi connectivity index (χ4v) is 1.75. The van der Waals surface area contributed by atoms with Gasteiger partial charge in [-0.25, -0.2) is 4.79 Å². The molecule has 0 saturated carbocycles. The van der Waals surface area contributed by atoms with Crippen molar-refractivity contribution in [3.63, 3.8) is 0 Å². The van der Waals surface area contributed by atoms with Crippen LogP contribution in [0.5, 0.6) is 0 Å². The molecule has 1 aromatic rings. The second kappa shape index (κ2) is 8.74. The quantitative estimate of drug-likeness (QED) is 0.478. The van der Waals surface area contributed by atoms with Crippen molar-refractivity contribution in [2.45, 2.75) is 26.4 Å². The lowest BCUT2D eigenvalue weighted by Gasteiger charge is -2.15. The number of amides is 4. The summed E-state index contributed by atoms with van der Waals surface area (Å²) in [4.78, 5) is 34.2. The Morgan fingerprint density at radius 1 is 1.17 bits per heavy atom. The molecule has 1 aromatic carbocycles. The summed E-state index contributed by atoms with van der Waals surface area (Å²) in [6.07, 6.45) is 0. The van der Waals surface area contributed by atoms with Gasteiger partial charge in [-0.1, -0.05) is 26.0 Å². The van der Waals surface area contributed by atoms with Crippen molar-refractivity contribution in [2.75, 3.05) is 11.9 Å². The molecule has 0 aliphatic carbocycles. The van der Waals surface area contributed by atoms with E-state index >= 15 is 0 Å². The van der Waals surface area contributed by atoms with E-state index in [1.165, 1.54) is 0 Å². The summed E-state index contributed by atoms with van der Waals surface area (Å²) in [6, 6.07) is 5.60. The molecule has 1 atom stereocenters. The Morgan fingerprint density at radius 3 is 2.48 bits per heavy atom.